The van der Waals surface area contributed by atoms with Crippen LogP contribution < -0.4 is 5.32 Å². The van der Waals surface area contributed by atoms with Crippen LogP contribution in [0.3, 0.4) is 0 Å². The molecule has 0 unspecified atom stereocenters. The fourth-order valence-electron chi connectivity index (χ4n) is 5.68. The van der Waals surface area contributed by atoms with E-state index in [1.807, 2.05) is 20.8 Å². The second-order valence-electron chi connectivity index (χ2n) is 16.0. The zero-order valence-corrected chi connectivity index (χ0v) is 40.6. The quantitative estimate of drug-likeness (QED) is 0.0610. The molecule has 1 amide bonds. The Labute approximate surface area is 383 Å². The third-order valence-corrected chi connectivity index (χ3v) is 9.02. The van der Waals surface area contributed by atoms with Crippen LogP contribution >= 0.6 is 0 Å². The Bertz CT molecular complexity index is 871. The summed E-state index contributed by atoms with van der Waals surface area (Å²) in [5.41, 5.74) is -0.514. The van der Waals surface area contributed by atoms with E-state index >= 15 is 0 Å². The Kier molecular flexibility index (Phi) is 52.3. The van der Waals surface area contributed by atoms with Gasteiger partial charge in [0.2, 0.25) is 0 Å². The molecule has 0 atom stereocenters. The summed E-state index contributed by atoms with van der Waals surface area (Å²) in [5, 5.41) is 2.64. The lowest BCUT2D eigenvalue weighted by Crippen LogP contribution is -2.34. The monoisotopic (exact) mass is 914 g/mol. The van der Waals surface area contributed by atoms with Crippen LogP contribution in [0.1, 0.15) is 118 Å². The topological polar surface area (TPSA) is 158 Å². The van der Waals surface area contributed by atoms with Crippen molar-refractivity contribution in [1.82, 2.24) is 5.32 Å². The molecule has 0 saturated carbocycles. The number of hydrogen-bond donors (Lipinski definition) is 1. The first-order valence-corrected chi connectivity index (χ1v) is 24.4. The van der Waals surface area contributed by atoms with Crippen molar-refractivity contribution in [2.24, 2.45) is 0 Å². The second kappa shape index (κ2) is 53.4. The predicted molar refractivity (Wildman–Crippen MR) is 245 cm³/mol. The van der Waals surface area contributed by atoms with Crippen molar-refractivity contribution >= 4 is 6.09 Å². The Morgan fingerprint density at radius 3 is 0.746 bits per heavy atom. The average molecular weight is 914 g/mol. The molecule has 16 heteroatoms. The van der Waals surface area contributed by atoms with E-state index in [4.69, 9.17) is 66.3 Å². The molecule has 0 radical (unpaired) electrons. The molecule has 63 heavy (non-hydrogen) atoms. The lowest BCUT2D eigenvalue weighted by atomic mass is 10.0. The number of carbonyl (C=O) groups is 1. The number of alkyl carbamates (subject to hydrolysis) is 1. The van der Waals surface area contributed by atoms with Gasteiger partial charge < -0.3 is 71.6 Å². The van der Waals surface area contributed by atoms with Crippen LogP contribution in [0.25, 0.3) is 0 Å². The number of ether oxygens (including phenoxy) is 14. The molecule has 16 nitrogen and oxygen atoms in total. The zero-order valence-electron chi connectivity index (χ0n) is 40.6. The zero-order chi connectivity index (χ0) is 45.7. The molecule has 0 spiro atoms. The highest BCUT2D eigenvalue weighted by Crippen LogP contribution is 2.13. The maximum absolute atomic E-state index is 11.5. The Hall–Kier alpha value is -1.25. The van der Waals surface area contributed by atoms with Crippen molar-refractivity contribution in [2.45, 2.75) is 123 Å². The van der Waals surface area contributed by atoms with Crippen molar-refractivity contribution in [1.29, 1.82) is 0 Å². The van der Waals surface area contributed by atoms with Gasteiger partial charge in [0, 0.05) is 13.2 Å². The van der Waals surface area contributed by atoms with Gasteiger partial charge in [0.1, 0.15) is 5.60 Å². The summed E-state index contributed by atoms with van der Waals surface area (Å²) in [6.45, 7) is 21.6. The molecule has 0 aromatic carbocycles. The third-order valence-electron chi connectivity index (χ3n) is 9.02. The number of nitrogens with one attached hydrogen (secondary N) is 1. The molecule has 1 N–H and O–H groups in total. The molecule has 0 aliphatic rings. The van der Waals surface area contributed by atoms with Crippen molar-refractivity contribution in [3.63, 3.8) is 0 Å². The van der Waals surface area contributed by atoms with Gasteiger partial charge in [0.15, 0.2) is 0 Å². The fraction of sp³-hybridized carbons (Fsp3) is 0.979. The molecule has 0 aliphatic carbocycles. The van der Waals surface area contributed by atoms with Crippen molar-refractivity contribution in [3.05, 3.63) is 0 Å². The molecule has 378 valence electrons. The van der Waals surface area contributed by atoms with Crippen molar-refractivity contribution in [2.75, 3.05) is 178 Å². The van der Waals surface area contributed by atoms with E-state index in [1.165, 1.54) is 83.5 Å². The Morgan fingerprint density at radius 1 is 0.302 bits per heavy atom. The highest BCUT2D eigenvalue weighted by molar-refractivity contribution is 5.67. The average Bonchev–Trinajstić information content (AvgIpc) is 3.26. The Morgan fingerprint density at radius 2 is 0.508 bits per heavy atom. The number of carbonyl (C=O) groups excluding carboxylic acids is 1. The Balaban J connectivity index is 3.09. The van der Waals surface area contributed by atoms with Gasteiger partial charge in [-0.05, 0) is 27.2 Å². The van der Waals surface area contributed by atoms with Gasteiger partial charge in [-0.2, -0.15) is 0 Å². The van der Waals surface area contributed by atoms with E-state index in [9.17, 15) is 4.79 Å². The molecular weight excluding hydrogens is 819 g/mol. The second-order valence-corrected chi connectivity index (χ2v) is 16.0. The van der Waals surface area contributed by atoms with Crippen molar-refractivity contribution < 1.29 is 71.1 Å². The maximum Gasteiger partial charge on any atom is 0.407 e. The van der Waals surface area contributed by atoms with Gasteiger partial charge in [0.05, 0.1) is 165 Å². The lowest BCUT2D eigenvalue weighted by molar-refractivity contribution is -0.0290. The van der Waals surface area contributed by atoms with E-state index in [1.54, 1.807) is 0 Å². The SMILES string of the molecule is CCCCCCCCCCCCCCCCOCCOCCOCCOCCOCCOCCOCCOCCOCCOCCOCCOCCOCCNC(=O)OC(C)(C)C. The summed E-state index contributed by atoms with van der Waals surface area (Å²) in [6, 6.07) is 0. The minimum atomic E-state index is -0.514. The maximum atomic E-state index is 11.5. The number of rotatable bonds is 54. The first-order valence-electron chi connectivity index (χ1n) is 24.4. The van der Waals surface area contributed by atoms with Gasteiger partial charge in [-0.15, -0.1) is 0 Å². The summed E-state index contributed by atoms with van der Waals surface area (Å²) >= 11 is 0. The van der Waals surface area contributed by atoms with Gasteiger partial charge in [-0.25, -0.2) is 4.79 Å². The standard InChI is InChI=1S/C47H95NO15/c1-5-6-7-8-9-10-11-12-13-14-15-16-17-18-20-50-22-24-52-26-28-54-30-32-56-34-36-58-38-40-60-42-44-62-45-43-61-41-39-59-37-35-57-33-31-55-29-27-53-25-23-51-21-19-48-46(49)63-47(2,3)4/h5-45H2,1-4H3,(H,48,49). The van der Waals surface area contributed by atoms with Crippen LogP contribution in [0.4, 0.5) is 4.79 Å². The minimum absolute atomic E-state index is 0.382. The molecule has 0 aliphatic heterocycles. The highest BCUT2D eigenvalue weighted by Gasteiger charge is 2.15. The molecule has 0 aromatic rings. The summed E-state index contributed by atoms with van der Waals surface area (Å²) in [5.74, 6) is 0. The number of amides is 1. The predicted octanol–water partition coefficient (Wildman–Crippen LogP) is 7.21. The van der Waals surface area contributed by atoms with Crippen LogP contribution in [0, 0.1) is 0 Å². The largest absolute Gasteiger partial charge is 0.444 e. The van der Waals surface area contributed by atoms with Gasteiger partial charge in [-0.1, -0.05) is 90.4 Å². The van der Waals surface area contributed by atoms with Crippen LogP contribution in [0.2, 0.25) is 0 Å². The van der Waals surface area contributed by atoms with E-state index in [0.717, 1.165) is 13.0 Å². The third kappa shape index (κ3) is 58.7. The first kappa shape index (κ1) is 61.8. The molecule has 0 heterocycles. The molecule has 0 rings (SSSR count). The number of hydrogen-bond acceptors (Lipinski definition) is 15. The van der Waals surface area contributed by atoms with E-state index in [2.05, 4.69) is 12.2 Å². The first-order chi connectivity index (χ1) is 31.0. The summed E-state index contributed by atoms with van der Waals surface area (Å²) in [7, 11) is 0. The van der Waals surface area contributed by atoms with E-state index in [-0.39, 0.29) is 0 Å². The van der Waals surface area contributed by atoms with Gasteiger partial charge in [0.25, 0.3) is 0 Å². The van der Waals surface area contributed by atoms with Crippen molar-refractivity contribution in [3.8, 4) is 0 Å². The summed E-state index contributed by atoms with van der Waals surface area (Å²) in [4.78, 5) is 11.5. The molecular formula is C47H95NO15. The normalized spacial score (nSPS) is 11.8. The lowest BCUT2D eigenvalue weighted by Gasteiger charge is -2.19. The summed E-state index contributed by atoms with van der Waals surface area (Å²) in [6.07, 6.45) is 18.7. The fourth-order valence-corrected chi connectivity index (χ4v) is 5.68. The van der Waals surface area contributed by atoms with E-state index in [0.29, 0.717) is 172 Å². The van der Waals surface area contributed by atoms with Crippen LogP contribution in [-0.2, 0) is 66.3 Å². The van der Waals surface area contributed by atoms with E-state index < -0.39 is 11.7 Å². The highest BCUT2D eigenvalue weighted by atomic mass is 16.6. The van der Waals surface area contributed by atoms with Gasteiger partial charge >= 0.3 is 6.09 Å². The summed E-state index contributed by atoms with van der Waals surface area (Å²) < 4.78 is 76.9. The number of unbranched alkanes of at least 4 members (excludes halogenated alkanes) is 13. The van der Waals surface area contributed by atoms with Crippen LogP contribution in [0.15, 0.2) is 0 Å². The molecule has 0 saturated heterocycles. The smallest absolute Gasteiger partial charge is 0.407 e. The minimum Gasteiger partial charge on any atom is -0.444 e. The van der Waals surface area contributed by atoms with Gasteiger partial charge in [-0.3, -0.25) is 0 Å². The molecule has 0 bridgehead atoms. The molecule has 0 aromatic heterocycles. The van der Waals surface area contributed by atoms with Crippen LogP contribution in [0.5, 0.6) is 0 Å². The molecule has 0 fully saturated rings. The van der Waals surface area contributed by atoms with Crippen LogP contribution in [-0.4, -0.2) is 190 Å².